The summed E-state index contributed by atoms with van der Waals surface area (Å²) < 4.78 is 0. The van der Waals surface area contributed by atoms with Crippen LogP contribution in [0, 0.1) is 0 Å². The fourth-order valence-corrected chi connectivity index (χ4v) is 1.22. The van der Waals surface area contributed by atoms with Crippen LogP contribution < -0.4 is 11.1 Å². The summed E-state index contributed by atoms with van der Waals surface area (Å²) in [6.45, 7) is 0.439. The number of aromatic nitrogens is 1. The second kappa shape index (κ2) is 5.83. The van der Waals surface area contributed by atoms with Gasteiger partial charge >= 0.3 is 0 Å². The van der Waals surface area contributed by atoms with Gasteiger partial charge in [0.1, 0.15) is 5.69 Å². The maximum atomic E-state index is 11.6. The first-order valence-electron chi connectivity index (χ1n) is 5.20. The monoisotopic (exact) mass is 236 g/mol. The van der Waals surface area contributed by atoms with Gasteiger partial charge in [-0.05, 0) is 12.1 Å². The van der Waals surface area contributed by atoms with Crippen LogP contribution in [0.1, 0.15) is 16.9 Å². The van der Waals surface area contributed by atoms with Gasteiger partial charge in [-0.1, -0.05) is 0 Å². The summed E-state index contributed by atoms with van der Waals surface area (Å²) in [7, 11) is 3.33. The molecule has 0 aliphatic heterocycles. The van der Waals surface area contributed by atoms with Crippen molar-refractivity contribution in [3.8, 4) is 0 Å². The SMILES string of the molecule is CN(C)C(=O)c1cc(NCCC(N)=O)ccn1. The molecule has 0 aliphatic rings. The van der Waals surface area contributed by atoms with Crippen molar-refractivity contribution in [1.82, 2.24) is 9.88 Å². The van der Waals surface area contributed by atoms with Crippen LogP contribution in [-0.2, 0) is 4.79 Å². The molecular formula is C11H16N4O2. The van der Waals surface area contributed by atoms with Gasteiger partial charge in [-0.25, -0.2) is 0 Å². The Balaban J connectivity index is 2.66. The second-order valence-corrected chi connectivity index (χ2v) is 3.77. The van der Waals surface area contributed by atoms with Gasteiger partial charge in [0.15, 0.2) is 0 Å². The zero-order valence-corrected chi connectivity index (χ0v) is 9.93. The zero-order valence-electron chi connectivity index (χ0n) is 9.93. The van der Waals surface area contributed by atoms with Gasteiger partial charge < -0.3 is 16.0 Å². The van der Waals surface area contributed by atoms with Crippen LogP contribution >= 0.6 is 0 Å². The molecule has 1 rings (SSSR count). The molecule has 2 amide bonds. The van der Waals surface area contributed by atoms with Gasteiger partial charge in [-0.3, -0.25) is 14.6 Å². The molecule has 6 nitrogen and oxygen atoms in total. The fourth-order valence-electron chi connectivity index (χ4n) is 1.22. The number of nitrogens with two attached hydrogens (primary N) is 1. The predicted octanol–water partition coefficient (Wildman–Crippen LogP) is 0.0707. The Morgan fingerprint density at radius 3 is 2.76 bits per heavy atom. The van der Waals surface area contributed by atoms with Gasteiger partial charge in [0.2, 0.25) is 5.91 Å². The highest BCUT2D eigenvalue weighted by Gasteiger charge is 2.09. The molecule has 92 valence electrons. The Morgan fingerprint density at radius 1 is 1.47 bits per heavy atom. The number of primary amides is 1. The molecule has 0 bridgehead atoms. The lowest BCUT2D eigenvalue weighted by Crippen LogP contribution is -2.23. The number of carbonyl (C=O) groups excluding carboxylic acids is 2. The van der Waals surface area contributed by atoms with Crippen molar-refractivity contribution in [1.29, 1.82) is 0 Å². The number of hydrogen-bond acceptors (Lipinski definition) is 4. The van der Waals surface area contributed by atoms with Crippen molar-refractivity contribution in [3.05, 3.63) is 24.0 Å². The highest BCUT2D eigenvalue weighted by molar-refractivity contribution is 5.92. The van der Waals surface area contributed by atoms with Crippen molar-refractivity contribution in [3.63, 3.8) is 0 Å². The number of pyridine rings is 1. The third-order valence-corrected chi connectivity index (χ3v) is 2.09. The van der Waals surface area contributed by atoms with Gasteiger partial charge in [0.05, 0.1) is 0 Å². The first kappa shape index (κ1) is 13.0. The van der Waals surface area contributed by atoms with Crippen LogP contribution in [-0.4, -0.2) is 42.3 Å². The number of nitrogens with zero attached hydrogens (tertiary/aromatic N) is 2. The van der Waals surface area contributed by atoms with E-state index in [2.05, 4.69) is 10.3 Å². The molecule has 6 heteroatoms. The lowest BCUT2D eigenvalue weighted by Gasteiger charge is -2.10. The maximum Gasteiger partial charge on any atom is 0.272 e. The lowest BCUT2D eigenvalue weighted by atomic mass is 10.3. The Hall–Kier alpha value is -2.11. The second-order valence-electron chi connectivity index (χ2n) is 3.77. The van der Waals surface area contributed by atoms with Gasteiger partial charge in [0, 0.05) is 38.9 Å². The van der Waals surface area contributed by atoms with Crippen molar-refractivity contribution in [2.45, 2.75) is 6.42 Å². The molecule has 0 aliphatic carbocycles. The van der Waals surface area contributed by atoms with E-state index < -0.39 is 0 Å². The number of nitrogens with one attached hydrogen (secondary N) is 1. The number of rotatable bonds is 5. The quantitative estimate of drug-likeness (QED) is 0.757. The van der Waals surface area contributed by atoms with E-state index in [1.807, 2.05) is 0 Å². The molecule has 0 fully saturated rings. The minimum absolute atomic E-state index is 0.163. The van der Waals surface area contributed by atoms with E-state index in [-0.39, 0.29) is 18.2 Å². The van der Waals surface area contributed by atoms with Gasteiger partial charge in [-0.15, -0.1) is 0 Å². The van der Waals surface area contributed by atoms with Gasteiger partial charge in [0.25, 0.3) is 5.91 Å². The van der Waals surface area contributed by atoms with Crippen molar-refractivity contribution >= 4 is 17.5 Å². The summed E-state index contributed by atoms with van der Waals surface area (Å²) >= 11 is 0. The molecule has 17 heavy (non-hydrogen) atoms. The van der Waals surface area contributed by atoms with Crippen molar-refractivity contribution in [2.24, 2.45) is 5.73 Å². The summed E-state index contributed by atoms with van der Waals surface area (Å²) in [5.74, 6) is -0.528. The van der Waals surface area contributed by atoms with Crippen LogP contribution in [0.25, 0.3) is 0 Å². The predicted molar refractivity (Wildman–Crippen MR) is 64.6 cm³/mol. The van der Waals surface area contributed by atoms with E-state index in [9.17, 15) is 9.59 Å². The number of hydrogen-bond donors (Lipinski definition) is 2. The maximum absolute atomic E-state index is 11.6. The zero-order chi connectivity index (χ0) is 12.8. The summed E-state index contributed by atoms with van der Waals surface area (Å²) in [5.41, 5.74) is 6.12. The molecule has 1 aromatic rings. The molecule has 3 N–H and O–H groups in total. The molecule has 0 saturated heterocycles. The molecule has 0 aromatic carbocycles. The molecule has 0 radical (unpaired) electrons. The minimum Gasteiger partial charge on any atom is -0.384 e. The van der Waals surface area contributed by atoms with Crippen LogP contribution in [0.15, 0.2) is 18.3 Å². The molecule has 0 spiro atoms. The summed E-state index contributed by atoms with van der Waals surface area (Å²) in [6, 6.07) is 3.37. The normalized spacial score (nSPS) is 9.76. The van der Waals surface area contributed by atoms with E-state index in [0.717, 1.165) is 5.69 Å². The first-order chi connectivity index (χ1) is 8.00. The molecule has 1 heterocycles. The highest BCUT2D eigenvalue weighted by Crippen LogP contribution is 2.09. The summed E-state index contributed by atoms with van der Waals surface area (Å²) in [4.78, 5) is 27.6. The smallest absolute Gasteiger partial charge is 0.272 e. The fraction of sp³-hybridized carbons (Fsp3) is 0.364. The Morgan fingerprint density at radius 2 is 2.18 bits per heavy atom. The summed E-state index contributed by atoms with van der Waals surface area (Å²) in [6.07, 6.45) is 1.79. The third-order valence-electron chi connectivity index (χ3n) is 2.09. The van der Waals surface area contributed by atoms with E-state index >= 15 is 0 Å². The largest absolute Gasteiger partial charge is 0.384 e. The standard InChI is InChI=1S/C11H16N4O2/c1-15(2)11(17)9-7-8(3-5-14-9)13-6-4-10(12)16/h3,5,7H,4,6H2,1-2H3,(H2,12,16)(H,13,14). The summed E-state index contributed by atoms with van der Waals surface area (Å²) in [5, 5.41) is 3.00. The molecule has 0 saturated carbocycles. The number of anilines is 1. The molecule has 0 unspecified atom stereocenters. The highest BCUT2D eigenvalue weighted by atomic mass is 16.2. The van der Waals surface area contributed by atoms with E-state index in [1.54, 1.807) is 32.4 Å². The molecular weight excluding hydrogens is 220 g/mol. The minimum atomic E-state index is -0.365. The van der Waals surface area contributed by atoms with Crippen molar-refractivity contribution in [2.75, 3.05) is 26.0 Å². The van der Waals surface area contributed by atoms with E-state index in [0.29, 0.717) is 12.2 Å². The number of carbonyl (C=O) groups is 2. The molecule has 0 atom stereocenters. The first-order valence-corrected chi connectivity index (χ1v) is 5.20. The Kier molecular flexibility index (Phi) is 4.45. The average Bonchev–Trinajstić information content (AvgIpc) is 2.28. The third kappa shape index (κ3) is 4.10. The van der Waals surface area contributed by atoms with Crippen LogP contribution in [0.5, 0.6) is 0 Å². The number of amides is 2. The lowest BCUT2D eigenvalue weighted by molar-refractivity contribution is -0.117. The Bertz CT molecular complexity index is 418. The Labute approximate surface area is 99.8 Å². The van der Waals surface area contributed by atoms with Crippen LogP contribution in [0.2, 0.25) is 0 Å². The van der Waals surface area contributed by atoms with E-state index in [4.69, 9.17) is 5.73 Å². The topological polar surface area (TPSA) is 88.3 Å². The molecule has 1 aromatic heterocycles. The van der Waals surface area contributed by atoms with Crippen LogP contribution in [0.4, 0.5) is 5.69 Å². The average molecular weight is 236 g/mol. The van der Waals surface area contributed by atoms with Crippen LogP contribution in [0.3, 0.4) is 0 Å². The van der Waals surface area contributed by atoms with E-state index in [1.165, 1.54) is 4.90 Å². The van der Waals surface area contributed by atoms with Crippen molar-refractivity contribution < 1.29 is 9.59 Å². The van der Waals surface area contributed by atoms with Gasteiger partial charge in [-0.2, -0.15) is 0 Å².